The molecule has 4 heteroatoms. The molecular formula is C15H16N2O2. The van der Waals surface area contributed by atoms with Crippen molar-refractivity contribution in [3.63, 3.8) is 0 Å². The third-order valence-electron chi connectivity index (χ3n) is 3.90. The minimum absolute atomic E-state index is 0.0124. The molecule has 3 rings (SSSR count). The molecule has 1 atom stereocenters. The molecule has 1 fully saturated rings. The van der Waals surface area contributed by atoms with Gasteiger partial charge in [0.15, 0.2) is 0 Å². The lowest BCUT2D eigenvalue weighted by Gasteiger charge is -2.32. The van der Waals surface area contributed by atoms with Crippen LogP contribution in [0.2, 0.25) is 0 Å². The van der Waals surface area contributed by atoms with E-state index in [1.54, 1.807) is 0 Å². The van der Waals surface area contributed by atoms with Gasteiger partial charge >= 0.3 is 0 Å². The molecule has 1 aromatic carbocycles. The third-order valence-corrected chi connectivity index (χ3v) is 3.90. The van der Waals surface area contributed by atoms with Gasteiger partial charge in [-0.1, -0.05) is 24.8 Å². The fourth-order valence-electron chi connectivity index (χ4n) is 2.93. The molecule has 2 amide bonds. The molecule has 1 aromatic rings. The summed E-state index contributed by atoms with van der Waals surface area (Å²) in [5.41, 5.74) is 3.52. The number of nitrogens with one attached hydrogen (secondary N) is 1. The Morgan fingerprint density at radius 2 is 2.16 bits per heavy atom. The summed E-state index contributed by atoms with van der Waals surface area (Å²) in [6.07, 6.45) is 1.10. The Labute approximate surface area is 112 Å². The number of rotatable bonds is 1. The maximum absolute atomic E-state index is 12.5. The molecule has 2 heterocycles. The molecule has 2 aliphatic heterocycles. The molecule has 0 spiro atoms. The molecule has 1 unspecified atom stereocenters. The highest BCUT2D eigenvalue weighted by Crippen LogP contribution is 2.30. The third kappa shape index (κ3) is 1.84. The van der Waals surface area contributed by atoms with Crippen LogP contribution in [0.25, 0.3) is 0 Å². The van der Waals surface area contributed by atoms with Crippen LogP contribution >= 0.6 is 0 Å². The quantitative estimate of drug-likeness (QED) is 0.832. The van der Waals surface area contributed by atoms with Gasteiger partial charge in [-0.25, -0.2) is 0 Å². The summed E-state index contributed by atoms with van der Waals surface area (Å²) in [4.78, 5) is 25.6. The number of fused-ring (bicyclic) bond motifs is 1. The van der Waals surface area contributed by atoms with Gasteiger partial charge in [0.2, 0.25) is 5.91 Å². The highest BCUT2D eigenvalue weighted by atomic mass is 16.2. The number of hydrogen-bond donors (Lipinski definition) is 1. The zero-order valence-electron chi connectivity index (χ0n) is 10.9. The lowest BCUT2D eigenvalue weighted by Crippen LogP contribution is -2.46. The monoisotopic (exact) mass is 256 g/mol. The summed E-state index contributed by atoms with van der Waals surface area (Å²) in [6, 6.07) is 5.84. The summed E-state index contributed by atoms with van der Waals surface area (Å²) >= 11 is 0. The molecule has 0 radical (unpaired) electrons. The van der Waals surface area contributed by atoms with Crippen molar-refractivity contribution in [1.82, 2.24) is 10.2 Å². The van der Waals surface area contributed by atoms with Gasteiger partial charge in [-0.05, 0) is 24.5 Å². The van der Waals surface area contributed by atoms with Gasteiger partial charge in [0.25, 0.3) is 5.91 Å². The predicted molar refractivity (Wildman–Crippen MR) is 71.4 cm³/mol. The topological polar surface area (TPSA) is 49.4 Å². The van der Waals surface area contributed by atoms with E-state index in [0.29, 0.717) is 25.1 Å². The van der Waals surface area contributed by atoms with Gasteiger partial charge in [-0.2, -0.15) is 0 Å². The molecule has 19 heavy (non-hydrogen) atoms. The molecule has 0 aromatic heterocycles. The van der Waals surface area contributed by atoms with Crippen molar-refractivity contribution in [2.45, 2.75) is 32.4 Å². The first kappa shape index (κ1) is 12.0. The first-order valence-electron chi connectivity index (χ1n) is 6.46. The van der Waals surface area contributed by atoms with Gasteiger partial charge < -0.3 is 10.2 Å². The molecule has 2 aliphatic rings. The first-order valence-corrected chi connectivity index (χ1v) is 6.46. The van der Waals surface area contributed by atoms with E-state index in [9.17, 15) is 9.59 Å². The van der Waals surface area contributed by atoms with E-state index < -0.39 is 0 Å². The summed E-state index contributed by atoms with van der Waals surface area (Å²) < 4.78 is 0. The number of aryl methyl sites for hydroxylation is 1. The SMILES string of the molecule is C=C1NC(=O)CCC1N1Cc2cccc(C)c2C1=O. The van der Waals surface area contributed by atoms with E-state index in [1.165, 1.54) is 0 Å². The number of hydrogen-bond acceptors (Lipinski definition) is 2. The molecule has 98 valence electrons. The van der Waals surface area contributed by atoms with Crippen molar-refractivity contribution in [1.29, 1.82) is 0 Å². The van der Waals surface area contributed by atoms with Crippen LogP contribution in [-0.4, -0.2) is 22.8 Å². The predicted octanol–water partition coefficient (Wildman–Crippen LogP) is 1.74. The number of carbonyl (C=O) groups is 2. The number of carbonyl (C=O) groups excluding carboxylic acids is 2. The second-order valence-electron chi connectivity index (χ2n) is 5.17. The summed E-state index contributed by atoms with van der Waals surface area (Å²) in [7, 11) is 0. The Morgan fingerprint density at radius 1 is 1.37 bits per heavy atom. The Kier molecular flexibility index (Phi) is 2.66. The highest BCUT2D eigenvalue weighted by molar-refractivity contribution is 6.00. The zero-order chi connectivity index (χ0) is 13.6. The van der Waals surface area contributed by atoms with Crippen molar-refractivity contribution in [3.8, 4) is 0 Å². The fourth-order valence-corrected chi connectivity index (χ4v) is 2.93. The maximum Gasteiger partial charge on any atom is 0.255 e. The van der Waals surface area contributed by atoms with E-state index in [2.05, 4.69) is 11.9 Å². The molecule has 0 saturated carbocycles. The van der Waals surface area contributed by atoms with Crippen LogP contribution in [0.4, 0.5) is 0 Å². The van der Waals surface area contributed by atoms with Crippen LogP contribution in [0, 0.1) is 6.92 Å². The van der Waals surface area contributed by atoms with Crippen LogP contribution < -0.4 is 5.32 Å². The smallest absolute Gasteiger partial charge is 0.255 e. The van der Waals surface area contributed by atoms with Crippen LogP contribution in [0.3, 0.4) is 0 Å². The van der Waals surface area contributed by atoms with Gasteiger partial charge in [0.1, 0.15) is 0 Å². The Morgan fingerprint density at radius 3 is 2.84 bits per heavy atom. The maximum atomic E-state index is 12.5. The zero-order valence-corrected chi connectivity index (χ0v) is 10.9. The van der Waals surface area contributed by atoms with Gasteiger partial charge in [0.05, 0.1) is 6.04 Å². The van der Waals surface area contributed by atoms with E-state index in [-0.39, 0.29) is 17.9 Å². The first-order chi connectivity index (χ1) is 9.08. The van der Waals surface area contributed by atoms with Crippen LogP contribution in [0.1, 0.15) is 34.3 Å². The lowest BCUT2D eigenvalue weighted by atomic mass is 10.0. The Balaban J connectivity index is 1.90. The number of amides is 2. The van der Waals surface area contributed by atoms with Gasteiger partial charge in [0, 0.05) is 24.2 Å². The molecule has 1 N–H and O–H groups in total. The van der Waals surface area contributed by atoms with Crippen molar-refractivity contribution in [3.05, 3.63) is 47.2 Å². The summed E-state index contributed by atoms with van der Waals surface area (Å²) in [6.45, 7) is 6.45. The van der Waals surface area contributed by atoms with Crippen molar-refractivity contribution >= 4 is 11.8 Å². The molecular weight excluding hydrogens is 240 g/mol. The second kappa shape index (κ2) is 4.23. The van der Waals surface area contributed by atoms with E-state index in [0.717, 1.165) is 16.7 Å². The molecule has 4 nitrogen and oxygen atoms in total. The molecule has 0 aliphatic carbocycles. The van der Waals surface area contributed by atoms with E-state index in [4.69, 9.17) is 0 Å². The van der Waals surface area contributed by atoms with E-state index in [1.807, 2.05) is 30.0 Å². The van der Waals surface area contributed by atoms with Gasteiger partial charge in [-0.15, -0.1) is 0 Å². The molecule has 1 saturated heterocycles. The fraction of sp³-hybridized carbons (Fsp3) is 0.333. The van der Waals surface area contributed by atoms with Crippen molar-refractivity contribution in [2.75, 3.05) is 0 Å². The van der Waals surface area contributed by atoms with Gasteiger partial charge in [-0.3, -0.25) is 9.59 Å². The second-order valence-corrected chi connectivity index (χ2v) is 5.17. The standard InChI is InChI=1S/C15H16N2O2/c1-9-4-3-5-11-8-17(15(19)14(9)11)12-6-7-13(18)16-10(12)2/h3-5,12H,2,6-8H2,1H3,(H,16,18). The minimum atomic E-state index is -0.0861. The Bertz CT molecular complexity index is 592. The minimum Gasteiger partial charge on any atom is -0.328 e. The largest absolute Gasteiger partial charge is 0.328 e. The number of piperidine rings is 1. The Hall–Kier alpha value is -2.10. The number of nitrogens with zero attached hydrogens (tertiary/aromatic N) is 1. The summed E-state index contributed by atoms with van der Waals surface area (Å²) in [5, 5.41) is 2.74. The highest BCUT2D eigenvalue weighted by Gasteiger charge is 2.36. The van der Waals surface area contributed by atoms with Crippen molar-refractivity contribution in [2.24, 2.45) is 0 Å². The van der Waals surface area contributed by atoms with E-state index >= 15 is 0 Å². The van der Waals surface area contributed by atoms with Crippen LogP contribution in [0.5, 0.6) is 0 Å². The van der Waals surface area contributed by atoms with Crippen molar-refractivity contribution < 1.29 is 9.59 Å². The number of benzene rings is 1. The average Bonchev–Trinajstić information content (AvgIpc) is 2.68. The van der Waals surface area contributed by atoms with Crippen LogP contribution in [0.15, 0.2) is 30.5 Å². The lowest BCUT2D eigenvalue weighted by molar-refractivity contribution is -0.121. The average molecular weight is 256 g/mol. The summed E-state index contributed by atoms with van der Waals surface area (Å²) in [5.74, 6) is 0.0389. The van der Waals surface area contributed by atoms with Crippen LogP contribution in [-0.2, 0) is 11.3 Å². The molecule has 0 bridgehead atoms. The normalized spacial score (nSPS) is 22.5.